The Bertz CT molecular complexity index is 486. The van der Waals surface area contributed by atoms with E-state index in [2.05, 4.69) is 10.2 Å². The third-order valence-electron chi connectivity index (χ3n) is 4.85. The SMILES string of the molecule is COc1ccc(NC(=S)N2CCC[C@H]3CCCC[C@H]32)cc1. The Hall–Kier alpha value is -1.29. The van der Waals surface area contributed by atoms with E-state index in [1.54, 1.807) is 7.11 Å². The molecule has 1 aromatic carbocycles. The summed E-state index contributed by atoms with van der Waals surface area (Å²) in [4.78, 5) is 2.44. The zero-order chi connectivity index (χ0) is 14.7. The number of hydrogen-bond acceptors (Lipinski definition) is 2. The Morgan fingerprint density at radius 1 is 1.14 bits per heavy atom. The number of rotatable bonds is 2. The summed E-state index contributed by atoms with van der Waals surface area (Å²) < 4.78 is 5.19. The first-order valence-electron chi connectivity index (χ1n) is 7.99. The maximum absolute atomic E-state index is 5.67. The van der Waals surface area contributed by atoms with Crippen LogP contribution in [0.1, 0.15) is 38.5 Å². The van der Waals surface area contributed by atoms with E-state index in [1.807, 2.05) is 24.3 Å². The average Bonchev–Trinajstić information content (AvgIpc) is 2.55. The molecule has 3 rings (SSSR count). The molecule has 3 nitrogen and oxygen atoms in total. The van der Waals surface area contributed by atoms with Gasteiger partial charge in [0.25, 0.3) is 0 Å². The molecule has 0 radical (unpaired) electrons. The van der Waals surface area contributed by atoms with Gasteiger partial charge in [-0.3, -0.25) is 0 Å². The Morgan fingerprint density at radius 2 is 1.86 bits per heavy atom. The summed E-state index contributed by atoms with van der Waals surface area (Å²) in [5, 5.41) is 4.28. The van der Waals surface area contributed by atoms with Gasteiger partial charge in [0, 0.05) is 18.3 Å². The number of likely N-dealkylation sites (tertiary alicyclic amines) is 1. The fourth-order valence-corrected chi connectivity index (χ4v) is 4.09. The molecule has 1 aliphatic carbocycles. The maximum Gasteiger partial charge on any atom is 0.173 e. The minimum Gasteiger partial charge on any atom is -0.497 e. The predicted octanol–water partition coefficient (Wildman–Crippen LogP) is 4.05. The van der Waals surface area contributed by atoms with Crippen LogP contribution in [0.15, 0.2) is 24.3 Å². The van der Waals surface area contributed by atoms with Crippen LogP contribution in [-0.4, -0.2) is 29.7 Å². The summed E-state index contributed by atoms with van der Waals surface area (Å²) in [6.45, 7) is 1.10. The second-order valence-corrected chi connectivity index (χ2v) is 6.49. The fraction of sp³-hybridized carbons (Fsp3) is 0.588. The van der Waals surface area contributed by atoms with Gasteiger partial charge in [0.1, 0.15) is 5.75 Å². The van der Waals surface area contributed by atoms with E-state index in [9.17, 15) is 0 Å². The van der Waals surface area contributed by atoms with Crippen LogP contribution >= 0.6 is 12.2 Å². The first-order valence-corrected chi connectivity index (χ1v) is 8.40. The van der Waals surface area contributed by atoms with Gasteiger partial charge in [-0.1, -0.05) is 12.8 Å². The second-order valence-electron chi connectivity index (χ2n) is 6.11. The van der Waals surface area contributed by atoms with Crippen molar-refractivity contribution in [1.29, 1.82) is 0 Å². The molecular formula is C17H24N2OS. The van der Waals surface area contributed by atoms with Crippen molar-refractivity contribution in [3.05, 3.63) is 24.3 Å². The summed E-state index contributed by atoms with van der Waals surface area (Å²) in [6.07, 6.45) is 8.08. The van der Waals surface area contributed by atoms with Crippen molar-refractivity contribution in [3.8, 4) is 5.75 Å². The summed E-state index contributed by atoms with van der Waals surface area (Å²) >= 11 is 5.67. The lowest BCUT2D eigenvalue weighted by Gasteiger charge is -2.45. The van der Waals surface area contributed by atoms with Crippen molar-refractivity contribution < 1.29 is 4.74 Å². The van der Waals surface area contributed by atoms with Crippen molar-refractivity contribution in [1.82, 2.24) is 4.90 Å². The number of thiocarbonyl (C=S) groups is 1. The molecule has 1 saturated heterocycles. The van der Waals surface area contributed by atoms with Gasteiger partial charge in [0.2, 0.25) is 0 Å². The van der Waals surface area contributed by atoms with Crippen LogP contribution in [0.4, 0.5) is 5.69 Å². The molecule has 2 atom stereocenters. The van der Waals surface area contributed by atoms with Crippen LogP contribution < -0.4 is 10.1 Å². The van der Waals surface area contributed by atoms with Crippen LogP contribution in [0.3, 0.4) is 0 Å². The van der Waals surface area contributed by atoms with Gasteiger partial charge >= 0.3 is 0 Å². The summed E-state index contributed by atoms with van der Waals surface area (Å²) in [6, 6.07) is 8.63. The molecule has 0 bridgehead atoms. The Morgan fingerprint density at radius 3 is 2.62 bits per heavy atom. The number of hydrogen-bond donors (Lipinski definition) is 1. The van der Waals surface area contributed by atoms with Crippen molar-refractivity contribution in [3.63, 3.8) is 0 Å². The van der Waals surface area contributed by atoms with E-state index in [-0.39, 0.29) is 0 Å². The van der Waals surface area contributed by atoms with Gasteiger partial charge < -0.3 is 15.0 Å². The number of fused-ring (bicyclic) bond motifs is 1. The molecule has 1 heterocycles. The molecule has 0 spiro atoms. The molecule has 1 aliphatic heterocycles. The lowest BCUT2D eigenvalue weighted by atomic mass is 9.78. The molecule has 1 aromatic rings. The number of ether oxygens (including phenoxy) is 1. The number of nitrogens with zero attached hydrogens (tertiary/aromatic N) is 1. The molecular weight excluding hydrogens is 280 g/mol. The first-order chi connectivity index (χ1) is 10.3. The summed E-state index contributed by atoms with van der Waals surface area (Å²) in [5.74, 6) is 1.72. The molecule has 114 valence electrons. The zero-order valence-corrected chi connectivity index (χ0v) is 13.5. The third kappa shape index (κ3) is 3.31. The molecule has 0 unspecified atom stereocenters. The number of benzene rings is 1. The van der Waals surface area contributed by atoms with Crippen molar-refractivity contribution in [2.24, 2.45) is 5.92 Å². The predicted molar refractivity (Wildman–Crippen MR) is 90.9 cm³/mol. The second kappa shape index (κ2) is 6.65. The summed E-state index contributed by atoms with van der Waals surface area (Å²) in [5.41, 5.74) is 1.04. The lowest BCUT2D eigenvalue weighted by Crippen LogP contribution is -2.51. The number of piperidine rings is 1. The van der Waals surface area contributed by atoms with Gasteiger partial charge in [0.05, 0.1) is 7.11 Å². The van der Waals surface area contributed by atoms with Crippen LogP contribution in [-0.2, 0) is 0 Å². The molecule has 2 aliphatic rings. The van der Waals surface area contributed by atoms with E-state index < -0.39 is 0 Å². The third-order valence-corrected chi connectivity index (χ3v) is 5.18. The van der Waals surface area contributed by atoms with E-state index in [0.29, 0.717) is 6.04 Å². The Balaban J connectivity index is 1.65. The van der Waals surface area contributed by atoms with E-state index in [1.165, 1.54) is 38.5 Å². The van der Waals surface area contributed by atoms with Gasteiger partial charge in [-0.2, -0.15) is 0 Å². The van der Waals surface area contributed by atoms with E-state index >= 15 is 0 Å². The molecule has 1 saturated carbocycles. The van der Waals surface area contributed by atoms with E-state index in [0.717, 1.165) is 29.0 Å². The van der Waals surface area contributed by atoms with Crippen LogP contribution in [0.25, 0.3) is 0 Å². The van der Waals surface area contributed by atoms with Crippen molar-refractivity contribution in [2.45, 2.75) is 44.6 Å². The highest BCUT2D eigenvalue weighted by Crippen LogP contribution is 2.35. The lowest BCUT2D eigenvalue weighted by molar-refractivity contribution is 0.121. The summed E-state index contributed by atoms with van der Waals surface area (Å²) in [7, 11) is 1.68. The standard InChI is InChI=1S/C17H24N2OS/c1-20-15-10-8-14(9-11-15)18-17(21)19-12-4-6-13-5-2-3-7-16(13)19/h8-11,13,16H,2-7,12H2,1H3,(H,18,21)/t13-,16-/m1/s1. The van der Waals surface area contributed by atoms with Crippen molar-refractivity contribution in [2.75, 3.05) is 19.0 Å². The number of anilines is 1. The van der Waals surface area contributed by atoms with Gasteiger partial charge in [0.15, 0.2) is 5.11 Å². The maximum atomic E-state index is 5.67. The molecule has 4 heteroatoms. The molecule has 0 amide bonds. The minimum absolute atomic E-state index is 0.658. The highest BCUT2D eigenvalue weighted by molar-refractivity contribution is 7.80. The minimum atomic E-state index is 0.658. The Kier molecular flexibility index (Phi) is 4.63. The Labute approximate surface area is 132 Å². The topological polar surface area (TPSA) is 24.5 Å². The number of methoxy groups -OCH3 is 1. The fourth-order valence-electron chi connectivity index (χ4n) is 3.75. The van der Waals surface area contributed by atoms with Crippen LogP contribution in [0.2, 0.25) is 0 Å². The largest absolute Gasteiger partial charge is 0.497 e. The van der Waals surface area contributed by atoms with Crippen molar-refractivity contribution >= 4 is 23.0 Å². The molecule has 0 aromatic heterocycles. The van der Waals surface area contributed by atoms with E-state index in [4.69, 9.17) is 17.0 Å². The molecule has 1 N–H and O–H groups in total. The quantitative estimate of drug-likeness (QED) is 0.833. The normalized spacial score (nSPS) is 25.1. The first kappa shape index (κ1) is 14.6. The monoisotopic (exact) mass is 304 g/mol. The van der Waals surface area contributed by atoms with Gasteiger partial charge in [-0.05, 0) is 68.1 Å². The van der Waals surface area contributed by atoms with Crippen LogP contribution in [0.5, 0.6) is 5.75 Å². The number of nitrogens with one attached hydrogen (secondary N) is 1. The van der Waals surface area contributed by atoms with Gasteiger partial charge in [-0.25, -0.2) is 0 Å². The smallest absolute Gasteiger partial charge is 0.173 e. The zero-order valence-electron chi connectivity index (χ0n) is 12.7. The van der Waals surface area contributed by atoms with Crippen LogP contribution in [0, 0.1) is 5.92 Å². The van der Waals surface area contributed by atoms with Gasteiger partial charge in [-0.15, -0.1) is 0 Å². The average molecular weight is 304 g/mol. The molecule has 21 heavy (non-hydrogen) atoms. The highest BCUT2D eigenvalue weighted by atomic mass is 32.1. The molecule has 2 fully saturated rings. The highest BCUT2D eigenvalue weighted by Gasteiger charge is 2.34.